The van der Waals surface area contributed by atoms with Crippen LogP contribution in [0.15, 0.2) is 18.2 Å². The van der Waals surface area contributed by atoms with Gasteiger partial charge in [-0.25, -0.2) is 4.39 Å². The average Bonchev–Trinajstić information content (AvgIpc) is 2.78. The number of hydrogen-bond donors (Lipinski definition) is 1. The maximum Gasteiger partial charge on any atom is 0.123 e. The molecule has 0 aromatic heterocycles. The van der Waals surface area contributed by atoms with Crippen LogP contribution in [0.4, 0.5) is 10.1 Å². The molecule has 1 aromatic rings. The molecular formula is C14H21FN2O. The number of benzene rings is 1. The van der Waals surface area contributed by atoms with Crippen molar-refractivity contribution >= 4 is 5.69 Å². The van der Waals surface area contributed by atoms with Crippen LogP contribution in [0, 0.1) is 11.7 Å². The van der Waals surface area contributed by atoms with Crippen molar-refractivity contribution in [3.63, 3.8) is 0 Å². The standard InChI is InChI=1S/C14H21FN2O/c1-10(16)13-7-12(15)3-4-14(13)17-6-5-11(8-17)9-18-2/h3-4,7,10-11H,5-6,8-9,16H2,1-2H3. The first-order valence-corrected chi connectivity index (χ1v) is 6.40. The third kappa shape index (κ3) is 2.82. The summed E-state index contributed by atoms with van der Waals surface area (Å²) in [7, 11) is 1.73. The lowest BCUT2D eigenvalue weighted by Gasteiger charge is -2.23. The number of nitrogens with two attached hydrogens (primary N) is 1. The van der Waals surface area contributed by atoms with Crippen molar-refractivity contribution in [2.24, 2.45) is 11.7 Å². The van der Waals surface area contributed by atoms with Crippen molar-refractivity contribution in [1.29, 1.82) is 0 Å². The highest BCUT2D eigenvalue weighted by Gasteiger charge is 2.24. The highest BCUT2D eigenvalue weighted by molar-refractivity contribution is 5.55. The van der Waals surface area contributed by atoms with Crippen LogP contribution in [0.5, 0.6) is 0 Å². The second-order valence-electron chi connectivity index (χ2n) is 5.05. The van der Waals surface area contributed by atoms with Gasteiger partial charge in [-0.2, -0.15) is 0 Å². The van der Waals surface area contributed by atoms with Crippen molar-refractivity contribution in [3.8, 4) is 0 Å². The van der Waals surface area contributed by atoms with Gasteiger partial charge in [-0.15, -0.1) is 0 Å². The van der Waals surface area contributed by atoms with E-state index in [-0.39, 0.29) is 11.9 Å². The highest BCUT2D eigenvalue weighted by Crippen LogP contribution is 2.30. The fourth-order valence-corrected chi connectivity index (χ4v) is 2.60. The summed E-state index contributed by atoms with van der Waals surface area (Å²) in [5.41, 5.74) is 7.87. The summed E-state index contributed by atoms with van der Waals surface area (Å²) in [6, 6.07) is 4.73. The SMILES string of the molecule is COCC1CCN(c2ccc(F)cc2C(C)N)C1. The predicted octanol–water partition coefficient (Wildman–Crippen LogP) is 2.32. The van der Waals surface area contributed by atoms with Gasteiger partial charge in [0.1, 0.15) is 5.82 Å². The summed E-state index contributed by atoms with van der Waals surface area (Å²) < 4.78 is 18.5. The number of methoxy groups -OCH3 is 1. The topological polar surface area (TPSA) is 38.5 Å². The van der Waals surface area contributed by atoms with Crippen molar-refractivity contribution in [2.75, 3.05) is 31.7 Å². The fraction of sp³-hybridized carbons (Fsp3) is 0.571. The molecule has 3 nitrogen and oxygen atoms in total. The van der Waals surface area contributed by atoms with Gasteiger partial charge in [0, 0.05) is 37.8 Å². The molecule has 1 saturated heterocycles. The van der Waals surface area contributed by atoms with Crippen LogP contribution in [0.3, 0.4) is 0 Å². The van der Waals surface area contributed by atoms with Crippen LogP contribution < -0.4 is 10.6 Å². The van der Waals surface area contributed by atoms with Crippen molar-refractivity contribution in [3.05, 3.63) is 29.6 Å². The molecule has 0 aliphatic carbocycles. The molecule has 0 amide bonds. The van der Waals surface area contributed by atoms with Gasteiger partial charge in [0.2, 0.25) is 0 Å². The van der Waals surface area contributed by atoms with E-state index in [2.05, 4.69) is 4.90 Å². The van der Waals surface area contributed by atoms with Gasteiger partial charge in [-0.1, -0.05) is 0 Å². The Morgan fingerprint density at radius 3 is 3.00 bits per heavy atom. The van der Waals surface area contributed by atoms with E-state index in [1.165, 1.54) is 6.07 Å². The monoisotopic (exact) mass is 252 g/mol. The van der Waals surface area contributed by atoms with E-state index in [4.69, 9.17) is 10.5 Å². The zero-order valence-electron chi connectivity index (χ0n) is 11.0. The van der Waals surface area contributed by atoms with E-state index in [0.717, 1.165) is 37.4 Å². The van der Waals surface area contributed by atoms with Gasteiger partial charge in [-0.05, 0) is 37.1 Å². The largest absolute Gasteiger partial charge is 0.384 e. The zero-order chi connectivity index (χ0) is 13.1. The highest BCUT2D eigenvalue weighted by atomic mass is 19.1. The van der Waals surface area contributed by atoms with E-state index in [0.29, 0.717) is 5.92 Å². The van der Waals surface area contributed by atoms with Crippen molar-refractivity contribution < 1.29 is 9.13 Å². The minimum absolute atomic E-state index is 0.155. The molecule has 18 heavy (non-hydrogen) atoms. The first-order valence-electron chi connectivity index (χ1n) is 6.40. The summed E-state index contributed by atoms with van der Waals surface area (Å²) in [4.78, 5) is 2.28. The fourth-order valence-electron chi connectivity index (χ4n) is 2.60. The maximum atomic E-state index is 13.3. The Bertz CT molecular complexity index is 409. The van der Waals surface area contributed by atoms with Gasteiger partial charge in [0.05, 0.1) is 6.61 Å². The third-order valence-electron chi connectivity index (χ3n) is 3.51. The number of rotatable bonds is 4. The summed E-state index contributed by atoms with van der Waals surface area (Å²) in [5, 5.41) is 0. The molecular weight excluding hydrogens is 231 g/mol. The third-order valence-corrected chi connectivity index (χ3v) is 3.51. The molecule has 1 aliphatic heterocycles. The zero-order valence-corrected chi connectivity index (χ0v) is 11.0. The van der Waals surface area contributed by atoms with Crippen LogP contribution in [0.2, 0.25) is 0 Å². The molecule has 1 aliphatic rings. The predicted molar refractivity (Wildman–Crippen MR) is 71.2 cm³/mol. The van der Waals surface area contributed by atoms with E-state index in [1.54, 1.807) is 13.2 Å². The first-order chi connectivity index (χ1) is 8.61. The molecule has 1 fully saturated rings. The molecule has 0 spiro atoms. The second-order valence-corrected chi connectivity index (χ2v) is 5.05. The molecule has 0 bridgehead atoms. The Hall–Kier alpha value is -1.13. The van der Waals surface area contributed by atoms with E-state index in [9.17, 15) is 4.39 Å². The van der Waals surface area contributed by atoms with Gasteiger partial charge < -0.3 is 15.4 Å². The van der Waals surface area contributed by atoms with Gasteiger partial charge >= 0.3 is 0 Å². The molecule has 2 atom stereocenters. The Balaban J connectivity index is 2.18. The molecule has 0 radical (unpaired) electrons. The smallest absolute Gasteiger partial charge is 0.123 e. The van der Waals surface area contributed by atoms with Crippen LogP contribution in [-0.2, 0) is 4.74 Å². The minimum Gasteiger partial charge on any atom is -0.384 e. The van der Waals surface area contributed by atoms with E-state index < -0.39 is 0 Å². The minimum atomic E-state index is -0.223. The number of hydrogen-bond acceptors (Lipinski definition) is 3. The second kappa shape index (κ2) is 5.67. The Labute approximate surface area is 108 Å². The maximum absolute atomic E-state index is 13.3. The molecule has 0 saturated carbocycles. The lowest BCUT2D eigenvalue weighted by atomic mass is 10.1. The van der Waals surface area contributed by atoms with Crippen LogP contribution in [-0.4, -0.2) is 26.8 Å². The van der Waals surface area contributed by atoms with Crippen molar-refractivity contribution in [2.45, 2.75) is 19.4 Å². The number of halogens is 1. The Morgan fingerprint density at radius 2 is 2.33 bits per heavy atom. The first kappa shape index (κ1) is 13.3. The Morgan fingerprint density at radius 1 is 1.56 bits per heavy atom. The molecule has 2 rings (SSSR count). The van der Waals surface area contributed by atoms with Crippen LogP contribution in [0.1, 0.15) is 24.9 Å². The van der Waals surface area contributed by atoms with Crippen LogP contribution in [0.25, 0.3) is 0 Å². The average molecular weight is 252 g/mol. The Kier molecular flexibility index (Phi) is 4.19. The summed E-state index contributed by atoms with van der Waals surface area (Å²) >= 11 is 0. The summed E-state index contributed by atoms with van der Waals surface area (Å²) in [6.45, 7) is 4.62. The lowest BCUT2D eigenvalue weighted by molar-refractivity contribution is 0.161. The van der Waals surface area contributed by atoms with Crippen LogP contribution >= 0.6 is 0 Å². The van der Waals surface area contributed by atoms with E-state index >= 15 is 0 Å². The molecule has 4 heteroatoms. The molecule has 1 heterocycles. The normalized spacial score (nSPS) is 21.3. The number of ether oxygens (including phenoxy) is 1. The van der Waals surface area contributed by atoms with Gasteiger partial charge in [0.25, 0.3) is 0 Å². The molecule has 2 N–H and O–H groups in total. The number of anilines is 1. The van der Waals surface area contributed by atoms with E-state index in [1.807, 2.05) is 13.0 Å². The molecule has 100 valence electrons. The quantitative estimate of drug-likeness (QED) is 0.893. The van der Waals surface area contributed by atoms with Crippen molar-refractivity contribution in [1.82, 2.24) is 0 Å². The number of nitrogens with zero attached hydrogens (tertiary/aromatic N) is 1. The summed E-state index contributed by atoms with van der Waals surface area (Å²) in [6.07, 6.45) is 1.11. The van der Waals surface area contributed by atoms with Gasteiger partial charge in [0.15, 0.2) is 0 Å². The summed E-state index contributed by atoms with van der Waals surface area (Å²) in [5.74, 6) is 0.333. The molecule has 2 unspecified atom stereocenters. The lowest BCUT2D eigenvalue weighted by Crippen LogP contribution is -2.23. The molecule has 1 aromatic carbocycles. The van der Waals surface area contributed by atoms with Gasteiger partial charge in [-0.3, -0.25) is 0 Å².